The minimum absolute atomic E-state index is 0.0214. The SMILES string of the molecule is CC(C)(C)n1ccc2ncccc2c1=O. The van der Waals surface area contributed by atoms with E-state index in [9.17, 15) is 4.79 Å². The van der Waals surface area contributed by atoms with Crippen molar-refractivity contribution in [1.82, 2.24) is 9.55 Å². The normalized spacial score (nSPS) is 11.9. The molecule has 3 nitrogen and oxygen atoms in total. The molecule has 0 unspecified atom stereocenters. The van der Waals surface area contributed by atoms with Crippen LogP contribution in [0.25, 0.3) is 10.9 Å². The Hall–Kier alpha value is -1.64. The summed E-state index contributed by atoms with van der Waals surface area (Å²) >= 11 is 0. The van der Waals surface area contributed by atoms with Gasteiger partial charge in [-0.3, -0.25) is 9.78 Å². The van der Waals surface area contributed by atoms with Gasteiger partial charge >= 0.3 is 0 Å². The van der Waals surface area contributed by atoms with E-state index in [1.165, 1.54) is 0 Å². The maximum atomic E-state index is 12.1. The molecule has 2 aromatic rings. The zero-order valence-corrected chi connectivity index (χ0v) is 9.19. The van der Waals surface area contributed by atoms with Crippen molar-refractivity contribution < 1.29 is 0 Å². The Morgan fingerprint density at radius 2 is 2.00 bits per heavy atom. The zero-order valence-electron chi connectivity index (χ0n) is 9.19. The number of hydrogen-bond donors (Lipinski definition) is 0. The van der Waals surface area contributed by atoms with E-state index in [4.69, 9.17) is 0 Å². The lowest BCUT2D eigenvalue weighted by Crippen LogP contribution is -2.33. The molecule has 0 spiro atoms. The van der Waals surface area contributed by atoms with Crippen LogP contribution in [-0.4, -0.2) is 9.55 Å². The second-order valence-corrected chi connectivity index (χ2v) is 4.60. The lowest BCUT2D eigenvalue weighted by atomic mass is 10.1. The van der Waals surface area contributed by atoms with Crippen LogP contribution in [0.3, 0.4) is 0 Å². The van der Waals surface area contributed by atoms with Crippen molar-refractivity contribution in [2.24, 2.45) is 0 Å². The molecule has 0 radical (unpaired) electrons. The molecule has 0 amide bonds. The number of aromatic nitrogens is 2. The van der Waals surface area contributed by atoms with Crippen molar-refractivity contribution in [1.29, 1.82) is 0 Å². The molecular formula is C12H14N2O. The fourth-order valence-corrected chi connectivity index (χ4v) is 1.60. The summed E-state index contributed by atoms with van der Waals surface area (Å²) in [5.74, 6) is 0. The molecule has 0 atom stereocenters. The third-order valence-corrected chi connectivity index (χ3v) is 2.39. The second-order valence-electron chi connectivity index (χ2n) is 4.60. The third kappa shape index (κ3) is 1.65. The first-order valence-corrected chi connectivity index (χ1v) is 4.97. The number of rotatable bonds is 0. The first kappa shape index (κ1) is 9.90. The summed E-state index contributed by atoms with van der Waals surface area (Å²) in [6, 6.07) is 5.48. The summed E-state index contributed by atoms with van der Waals surface area (Å²) in [5.41, 5.74) is 0.581. The predicted molar refractivity (Wildman–Crippen MR) is 61.0 cm³/mol. The van der Waals surface area contributed by atoms with E-state index in [1.807, 2.05) is 32.9 Å². The van der Waals surface area contributed by atoms with Gasteiger partial charge in [-0.1, -0.05) is 0 Å². The van der Waals surface area contributed by atoms with E-state index >= 15 is 0 Å². The molecule has 0 aliphatic carbocycles. The molecule has 0 N–H and O–H groups in total. The first-order chi connectivity index (χ1) is 7.00. The fraction of sp³-hybridized carbons (Fsp3) is 0.333. The van der Waals surface area contributed by atoms with Gasteiger partial charge in [0.05, 0.1) is 10.9 Å². The Morgan fingerprint density at radius 1 is 1.27 bits per heavy atom. The van der Waals surface area contributed by atoms with Gasteiger partial charge in [0, 0.05) is 17.9 Å². The largest absolute Gasteiger partial charge is 0.310 e. The van der Waals surface area contributed by atoms with Crippen LogP contribution in [0.2, 0.25) is 0 Å². The molecule has 0 aliphatic rings. The Kier molecular flexibility index (Phi) is 2.11. The van der Waals surface area contributed by atoms with Crippen molar-refractivity contribution >= 4 is 10.9 Å². The molecule has 2 heterocycles. The van der Waals surface area contributed by atoms with E-state index in [2.05, 4.69) is 4.98 Å². The van der Waals surface area contributed by atoms with Crippen molar-refractivity contribution in [2.45, 2.75) is 26.3 Å². The Labute approximate surface area is 88.4 Å². The quantitative estimate of drug-likeness (QED) is 0.656. The van der Waals surface area contributed by atoms with Gasteiger partial charge in [0.25, 0.3) is 5.56 Å². The van der Waals surface area contributed by atoms with E-state index in [0.29, 0.717) is 5.39 Å². The van der Waals surface area contributed by atoms with Gasteiger partial charge in [-0.25, -0.2) is 0 Å². The van der Waals surface area contributed by atoms with Crippen molar-refractivity contribution in [3.05, 3.63) is 40.9 Å². The van der Waals surface area contributed by atoms with E-state index in [-0.39, 0.29) is 11.1 Å². The van der Waals surface area contributed by atoms with Gasteiger partial charge in [0.2, 0.25) is 0 Å². The summed E-state index contributed by atoms with van der Waals surface area (Å²) < 4.78 is 1.73. The van der Waals surface area contributed by atoms with Gasteiger partial charge in [0.1, 0.15) is 0 Å². The standard InChI is InChI=1S/C12H14N2O/c1-12(2,3)14-8-6-10-9(11(14)15)5-4-7-13-10/h4-8H,1-3H3. The number of hydrogen-bond acceptors (Lipinski definition) is 2. The molecule has 0 saturated carbocycles. The zero-order chi connectivity index (χ0) is 11.1. The molecular weight excluding hydrogens is 188 g/mol. The molecule has 0 aromatic carbocycles. The predicted octanol–water partition coefficient (Wildman–Crippen LogP) is 2.15. The molecule has 78 valence electrons. The van der Waals surface area contributed by atoms with Crippen LogP contribution in [0.1, 0.15) is 20.8 Å². The summed E-state index contributed by atoms with van der Waals surface area (Å²) in [7, 11) is 0. The van der Waals surface area contributed by atoms with Crippen molar-refractivity contribution in [2.75, 3.05) is 0 Å². The van der Waals surface area contributed by atoms with Gasteiger partial charge in [0.15, 0.2) is 0 Å². The summed E-state index contributed by atoms with van der Waals surface area (Å²) in [6.07, 6.45) is 3.50. The highest BCUT2D eigenvalue weighted by Crippen LogP contribution is 2.13. The summed E-state index contributed by atoms with van der Waals surface area (Å²) in [6.45, 7) is 6.03. The van der Waals surface area contributed by atoms with Gasteiger partial charge in [-0.2, -0.15) is 0 Å². The average molecular weight is 202 g/mol. The highest BCUT2D eigenvalue weighted by molar-refractivity contribution is 5.76. The highest BCUT2D eigenvalue weighted by Gasteiger charge is 2.15. The average Bonchev–Trinajstić information content (AvgIpc) is 2.16. The molecule has 0 saturated heterocycles. The highest BCUT2D eigenvalue weighted by atomic mass is 16.1. The molecule has 2 rings (SSSR count). The molecule has 0 bridgehead atoms. The molecule has 0 fully saturated rings. The van der Waals surface area contributed by atoms with E-state index in [1.54, 1.807) is 23.0 Å². The minimum atomic E-state index is -0.193. The van der Waals surface area contributed by atoms with Gasteiger partial charge < -0.3 is 4.57 Å². The molecule has 0 aliphatic heterocycles. The smallest absolute Gasteiger partial charge is 0.260 e. The summed E-state index contributed by atoms with van der Waals surface area (Å²) in [4.78, 5) is 16.2. The van der Waals surface area contributed by atoms with Crippen molar-refractivity contribution in [3.63, 3.8) is 0 Å². The van der Waals surface area contributed by atoms with Gasteiger partial charge in [-0.15, -0.1) is 0 Å². The van der Waals surface area contributed by atoms with Crippen LogP contribution in [0.15, 0.2) is 35.4 Å². The lowest BCUT2D eigenvalue weighted by molar-refractivity contribution is 0.386. The second kappa shape index (κ2) is 3.19. The molecule has 15 heavy (non-hydrogen) atoms. The maximum absolute atomic E-state index is 12.1. The van der Waals surface area contributed by atoms with Crippen LogP contribution in [-0.2, 0) is 5.54 Å². The Bertz CT molecular complexity index is 549. The minimum Gasteiger partial charge on any atom is -0.310 e. The van der Waals surface area contributed by atoms with Crippen LogP contribution in [0.5, 0.6) is 0 Å². The molecule has 3 heteroatoms. The van der Waals surface area contributed by atoms with Crippen LogP contribution >= 0.6 is 0 Å². The Balaban J connectivity index is 2.83. The number of nitrogens with zero attached hydrogens (tertiary/aromatic N) is 2. The lowest BCUT2D eigenvalue weighted by Gasteiger charge is -2.22. The maximum Gasteiger partial charge on any atom is 0.260 e. The molecule has 2 aromatic heterocycles. The fourth-order valence-electron chi connectivity index (χ4n) is 1.60. The van der Waals surface area contributed by atoms with E-state index in [0.717, 1.165) is 5.52 Å². The third-order valence-electron chi connectivity index (χ3n) is 2.39. The van der Waals surface area contributed by atoms with Crippen LogP contribution in [0, 0.1) is 0 Å². The number of pyridine rings is 2. The van der Waals surface area contributed by atoms with Gasteiger partial charge in [-0.05, 0) is 39.0 Å². The van der Waals surface area contributed by atoms with Crippen molar-refractivity contribution in [3.8, 4) is 0 Å². The van der Waals surface area contributed by atoms with E-state index < -0.39 is 0 Å². The first-order valence-electron chi connectivity index (χ1n) is 4.97. The topological polar surface area (TPSA) is 34.9 Å². The number of fused-ring (bicyclic) bond motifs is 1. The van der Waals surface area contributed by atoms with Crippen LogP contribution in [0.4, 0.5) is 0 Å². The monoisotopic (exact) mass is 202 g/mol. The Morgan fingerprint density at radius 3 is 2.67 bits per heavy atom. The van der Waals surface area contributed by atoms with Crippen LogP contribution < -0.4 is 5.56 Å². The summed E-state index contributed by atoms with van der Waals surface area (Å²) in [5, 5.41) is 0.676.